The van der Waals surface area contributed by atoms with Gasteiger partial charge in [0, 0.05) is 0 Å². The standard InChI is InChI=1S/C10H10Cl2N4O4/c11-7-4-8(15-10(12)14-7)16(2-13-4)9-6(19)5(18)3(1-17)20-9/h2-3,5-6,9,17-19H,1H2/t3-,5-,6+,9-/m1/s1. The molecule has 0 saturated carbocycles. The van der Waals surface area contributed by atoms with Crippen LogP contribution in [0.1, 0.15) is 6.23 Å². The number of imidazole rings is 1. The zero-order valence-corrected chi connectivity index (χ0v) is 11.4. The largest absolute Gasteiger partial charge is 0.394 e. The zero-order chi connectivity index (χ0) is 14.4. The molecule has 1 aliphatic heterocycles. The number of fused-ring (bicyclic) bond motifs is 1. The van der Waals surface area contributed by atoms with Crippen LogP contribution in [0, 0.1) is 0 Å². The summed E-state index contributed by atoms with van der Waals surface area (Å²) in [6.07, 6.45) is -2.94. The summed E-state index contributed by atoms with van der Waals surface area (Å²) in [6.45, 7) is -0.419. The van der Waals surface area contributed by atoms with Crippen LogP contribution in [0.25, 0.3) is 11.2 Å². The van der Waals surface area contributed by atoms with E-state index in [4.69, 9.17) is 33.0 Å². The van der Waals surface area contributed by atoms with Crippen molar-refractivity contribution in [3.8, 4) is 0 Å². The van der Waals surface area contributed by atoms with Gasteiger partial charge in [0.1, 0.15) is 23.8 Å². The molecular formula is C10H10Cl2N4O4. The number of aliphatic hydroxyl groups excluding tert-OH is 3. The molecule has 108 valence electrons. The highest BCUT2D eigenvalue weighted by molar-refractivity contribution is 6.35. The fourth-order valence-electron chi connectivity index (χ4n) is 2.15. The van der Waals surface area contributed by atoms with E-state index in [1.165, 1.54) is 10.9 Å². The van der Waals surface area contributed by atoms with Crippen molar-refractivity contribution in [1.29, 1.82) is 0 Å². The first-order valence-corrected chi connectivity index (χ1v) is 6.46. The van der Waals surface area contributed by atoms with Crippen molar-refractivity contribution in [3.63, 3.8) is 0 Å². The predicted molar refractivity (Wildman–Crippen MR) is 68.4 cm³/mol. The van der Waals surface area contributed by atoms with Crippen molar-refractivity contribution in [2.45, 2.75) is 24.5 Å². The van der Waals surface area contributed by atoms with E-state index in [1.807, 2.05) is 0 Å². The topological polar surface area (TPSA) is 114 Å². The van der Waals surface area contributed by atoms with Gasteiger partial charge in [0.05, 0.1) is 12.9 Å². The normalized spacial score (nSPS) is 30.2. The summed E-state index contributed by atoms with van der Waals surface area (Å²) < 4.78 is 6.78. The van der Waals surface area contributed by atoms with Crippen LogP contribution in [0.5, 0.6) is 0 Å². The lowest BCUT2D eigenvalue weighted by Gasteiger charge is -2.16. The second kappa shape index (κ2) is 5.06. The van der Waals surface area contributed by atoms with E-state index in [0.717, 1.165) is 0 Å². The van der Waals surface area contributed by atoms with Crippen LogP contribution >= 0.6 is 23.2 Å². The smallest absolute Gasteiger partial charge is 0.225 e. The lowest BCUT2D eigenvalue weighted by molar-refractivity contribution is -0.0511. The van der Waals surface area contributed by atoms with Gasteiger partial charge in [-0.25, -0.2) is 9.97 Å². The Morgan fingerprint density at radius 1 is 1.25 bits per heavy atom. The molecule has 20 heavy (non-hydrogen) atoms. The van der Waals surface area contributed by atoms with Gasteiger partial charge in [0.15, 0.2) is 17.0 Å². The van der Waals surface area contributed by atoms with Crippen molar-refractivity contribution in [1.82, 2.24) is 19.5 Å². The van der Waals surface area contributed by atoms with Gasteiger partial charge in [0.25, 0.3) is 0 Å². The number of halogens is 2. The van der Waals surface area contributed by atoms with Crippen molar-refractivity contribution in [2.24, 2.45) is 0 Å². The molecule has 3 N–H and O–H groups in total. The van der Waals surface area contributed by atoms with Crippen LogP contribution in [-0.4, -0.2) is 59.8 Å². The van der Waals surface area contributed by atoms with E-state index in [-0.39, 0.29) is 16.1 Å². The summed E-state index contributed by atoms with van der Waals surface area (Å²) >= 11 is 11.6. The Morgan fingerprint density at radius 2 is 2.00 bits per heavy atom. The van der Waals surface area contributed by atoms with Gasteiger partial charge in [-0.05, 0) is 11.6 Å². The molecule has 1 aliphatic rings. The summed E-state index contributed by atoms with van der Waals surface area (Å²) in [5, 5.41) is 28.8. The molecule has 0 amide bonds. The fourth-order valence-corrected chi connectivity index (χ4v) is 2.57. The molecule has 0 unspecified atom stereocenters. The molecule has 10 heteroatoms. The molecular weight excluding hydrogens is 311 g/mol. The molecule has 0 aliphatic carbocycles. The molecule has 1 saturated heterocycles. The summed E-state index contributed by atoms with van der Waals surface area (Å²) in [6, 6.07) is 0. The van der Waals surface area contributed by atoms with Gasteiger partial charge >= 0.3 is 0 Å². The van der Waals surface area contributed by atoms with Crippen LogP contribution in [-0.2, 0) is 4.74 Å². The molecule has 1 fully saturated rings. The Bertz CT molecular complexity index is 651. The molecule has 0 radical (unpaired) electrons. The molecule has 0 spiro atoms. The maximum atomic E-state index is 9.98. The minimum Gasteiger partial charge on any atom is -0.394 e. The average molecular weight is 321 g/mol. The third kappa shape index (κ3) is 2.05. The van der Waals surface area contributed by atoms with Gasteiger partial charge in [-0.2, -0.15) is 4.98 Å². The predicted octanol–water partition coefficient (Wildman–Crippen LogP) is -0.255. The van der Waals surface area contributed by atoms with Crippen molar-refractivity contribution < 1.29 is 20.1 Å². The number of ether oxygens (including phenoxy) is 1. The summed E-state index contributed by atoms with van der Waals surface area (Å²) in [7, 11) is 0. The Hall–Kier alpha value is -1.03. The van der Waals surface area contributed by atoms with E-state index in [0.29, 0.717) is 5.52 Å². The molecule has 0 bridgehead atoms. The van der Waals surface area contributed by atoms with Crippen LogP contribution < -0.4 is 0 Å². The van der Waals surface area contributed by atoms with Crippen LogP contribution in [0.2, 0.25) is 10.4 Å². The maximum absolute atomic E-state index is 9.98. The first-order chi connectivity index (χ1) is 9.52. The van der Waals surface area contributed by atoms with Gasteiger partial charge < -0.3 is 20.1 Å². The quantitative estimate of drug-likeness (QED) is 0.516. The highest BCUT2D eigenvalue weighted by Crippen LogP contribution is 2.32. The second-order valence-corrected chi connectivity index (χ2v) is 5.03. The van der Waals surface area contributed by atoms with Gasteiger partial charge in [-0.15, -0.1) is 0 Å². The minimum absolute atomic E-state index is 0.0732. The SMILES string of the molecule is OC[C@H]1O[C@@H](n2cnc3c(Cl)nc(Cl)nc32)[C@@H](O)[C@@H]1O. The summed E-state index contributed by atoms with van der Waals surface area (Å²) in [4.78, 5) is 11.8. The van der Waals surface area contributed by atoms with Crippen LogP contribution in [0.4, 0.5) is 0 Å². The minimum atomic E-state index is -1.24. The van der Waals surface area contributed by atoms with Crippen LogP contribution in [0.15, 0.2) is 6.33 Å². The molecule has 3 heterocycles. The Balaban J connectivity index is 2.07. The number of hydrogen-bond donors (Lipinski definition) is 3. The van der Waals surface area contributed by atoms with Crippen molar-refractivity contribution in [2.75, 3.05) is 6.61 Å². The number of rotatable bonds is 2. The summed E-state index contributed by atoms with van der Waals surface area (Å²) in [5.41, 5.74) is 0.568. The second-order valence-electron chi connectivity index (χ2n) is 4.34. The Kier molecular flexibility index (Phi) is 3.53. The Labute approximate surface area is 122 Å². The monoisotopic (exact) mass is 320 g/mol. The third-order valence-electron chi connectivity index (χ3n) is 3.14. The number of aromatic nitrogens is 4. The Morgan fingerprint density at radius 3 is 2.65 bits per heavy atom. The fraction of sp³-hybridized carbons (Fsp3) is 0.500. The van der Waals surface area contributed by atoms with E-state index in [9.17, 15) is 10.2 Å². The molecule has 2 aromatic rings. The lowest BCUT2D eigenvalue weighted by atomic mass is 10.1. The van der Waals surface area contributed by atoms with Crippen molar-refractivity contribution >= 4 is 34.4 Å². The number of hydrogen-bond acceptors (Lipinski definition) is 7. The third-order valence-corrected chi connectivity index (χ3v) is 3.58. The van der Waals surface area contributed by atoms with E-state index >= 15 is 0 Å². The summed E-state index contributed by atoms with van der Waals surface area (Å²) in [5.74, 6) is 0. The molecule has 2 aromatic heterocycles. The molecule has 3 rings (SSSR count). The highest BCUT2D eigenvalue weighted by Gasteiger charge is 2.44. The molecule has 8 nitrogen and oxygen atoms in total. The molecule has 0 aromatic carbocycles. The zero-order valence-electron chi connectivity index (χ0n) is 9.89. The van der Waals surface area contributed by atoms with Crippen LogP contribution in [0.3, 0.4) is 0 Å². The maximum Gasteiger partial charge on any atom is 0.225 e. The van der Waals surface area contributed by atoms with E-state index in [1.54, 1.807) is 0 Å². The van der Waals surface area contributed by atoms with E-state index in [2.05, 4.69) is 15.0 Å². The van der Waals surface area contributed by atoms with Gasteiger partial charge in [0.2, 0.25) is 5.28 Å². The van der Waals surface area contributed by atoms with Crippen molar-refractivity contribution in [3.05, 3.63) is 16.8 Å². The highest BCUT2D eigenvalue weighted by atomic mass is 35.5. The lowest BCUT2D eigenvalue weighted by Crippen LogP contribution is -2.33. The van der Waals surface area contributed by atoms with Gasteiger partial charge in [-0.3, -0.25) is 4.57 Å². The first kappa shape index (κ1) is 13.9. The number of aliphatic hydroxyl groups is 3. The number of nitrogens with zero attached hydrogens (tertiary/aromatic N) is 4. The molecule has 4 atom stereocenters. The average Bonchev–Trinajstić information content (AvgIpc) is 2.93. The van der Waals surface area contributed by atoms with E-state index < -0.39 is 31.1 Å². The van der Waals surface area contributed by atoms with Gasteiger partial charge in [-0.1, -0.05) is 11.6 Å². The first-order valence-electron chi connectivity index (χ1n) is 5.71.